The van der Waals surface area contributed by atoms with Crippen molar-refractivity contribution in [3.63, 3.8) is 0 Å². The van der Waals surface area contributed by atoms with Crippen LogP contribution >= 0.6 is 0 Å². The molecule has 11 aromatic rings. The first-order chi connectivity index (χ1) is 35.3. The maximum Gasteiger partial charge on any atom is 0.252 e. The van der Waals surface area contributed by atoms with E-state index in [2.05, 4.69) is 295 Å². The summed E-state index contributed by atoms with van der Waals surface area (Å²) in [4.78, 5) is 5.19. The summed E-state index contributed by atoms with van der Waals surface area (Å²) < 4.78 is 0. The van der Waals surface area contributed by atoms with E-state index >= 15 is 0 Å². The summed E-state index contributed by atoms with van der Waals surface area (Å²) in [6.07, 6.45) is 0. The minimum Gasteiger partial charge on any atom is -0.311 e. The van der Waals surface area contributed by atoms with E-state index in [9.17, 15) is 0 Å². The molecule has 0 amide bonds. The number of hydrogen-bond donors (Lipinski definition) is 0. The average Bonchev–Trinajstić information content (AvgIpc) is 3.74. The van der Waals surface area contributed by atoms with Crippen LogP contribution in [-0.2, 0) is 0 Å². The van der Waals surface area contributed by atoms with Gasteiger partial charge < -0.3 is 9.80 Å². The Balaban J connectivity index is 1.16. The summed E-state index contributed by atoms with van der Waals surface area (Å²) in [5.74, 6) is 0. The van der Waals surface area contributed by atoms with Crippen LogP contribution in [0.25, 0.3) is 11.1 Å². The van der Waals surface area contributed by atoms with Gasteiger partial charge in [-0.25, -0.2) is 0 Å². The van der Waals surface area contributed by atoms with Crippen molar-refractivity contribution >= 4 is 115 Å². The van der Waals surface area contributed by atoms with E-state index in [1.54, 1.807) is 0 Å². The summed E-state index contributed by atoms with van der Waals surface area (Å²) >= 11 is 0. The Morgan fingerprint density at radius 3 is 1.24 bits per heavy atom. The molecule has 14 rings (SSSR count). The van der Waals surface area contributed by atoms with Crippen LogP contribution in [0.2, 0.25) is 0 Å². The molecule has 0 unspecified atom stereocenters. The van der Waals surface area contributed by atoms with Gasteiger partial charge in [0.1, 0.15) is 0 Å². The van der Waals surface area contributed by atoms with Gasteiger partial charge in [-0.15, -0.1) is 0 Å². The molecule has 0 fully saturated rings. The van der Waals surface area contributed by atoms with Gasteiger partial charge in [0, 0.05) is 34.1 Å². The summed E-state index contributed by atoms with van der Waals surface area (Å²) in [5.41, 5.74) is 13.8. The Hall–Kier alpha value is -8.48. The average molecular weight is 935 g/mol. The third-order valence-corrected chi connectivity index (χ3v) is 25.3. The van der Waals surface area contributed by atoms with Gasteiger partial charge in [-0.3, -0.25) is 0 Å². The van der Waals surface area contributed by atoms with Crippen molar-refractivity contribution in [3.8, 4) is 11.1 Å². The van der Waals surface area contributed by atoms with Crippen molar-refractivity contribution in [2.45, 2.75) is 0 Å². The van der Waals surface area contributed by atoms with Crippen LogP contribution in [-0.4, -0.2) is 22.9 Å². The van der Waals surface area contributed by atoms with E-state index in [1.165, 1.54) is 91.8 Å². The molecule has 0 N–H and O–H groups in total. The second kappa shape index (κ2) is 16.6. The van der Waals surface area contributed by atoms with Gasteiger partial charge in [-0.05, 0) is 118 Å². The second-order valence-corrected chi connectivity index (χ2v) is 26.6. The number of anilines is 6. The number of benzene rings is 11. The number of para-hydroxylation sites is 3. The monoisotopic (exact) mass is 934 g/mol. The van der Waals surface area contributed by atoms with E-state index in [4.69, 9.17) is 0 Å². The van der Waals surface area contributed by atoms with Gasteiger partial charge in [0.15, 0.2) is 16.1 Å². The zero-order valence-electron chi connectivity index (χ0n) is 39.1. The zero-order valence-corrected chi connectivity index (χ0v) is 41.1. The van der Waals surface area contributed by atoms with Crippen LogP contribution in [0.5, 0.6) is 0 Å². The molecule has 0 spiro atoms. The quantitative estimate of drug-likeness (QED) is 0.112. The number of nitrogens with zero attached hydrogens (tertiary/aromatic N) is 2. The Kier molecular flexibility index (Phi) is 9.70. The Bertz CT molecular complexity index is 3630. The molecule has 71 heavy (non-hydrogen) atoms. The number of fused-ring (bicyclic) bond motifs is 7. The van der Waals surface area contributed by atoms with Crippen molar-refractivity contribution in [2.24, 2.45) is 0 Å². The highest BCUT2D eigenvalue weighted by Gasteiger charge is 2.52. The molecule has 0 atom stereocenters. The molecule has 0 radical (unpaired) electrons. The molecule has 3 aliphatic heterocycles. The lowest BCUT2D eigenvalue weighted by Crippen LogP contribution is -2.75. The zero-order chi connectivity index (χ0) is 46.9. The van der Waals surface area contributed by atoms with Crippen LogP contribution in [0.4, 0.5) is 34.1 Å². The fourth-order valence-electron chi connectivity index (χ4n) is 12.9. The predicted molar refractivity (Wildman–Crippen MR) is 307 cm³/mol. The summed E-state index contributed by atoms with van der Waals surface area (Å²) in [6.45, 7) is -0.0614. The van der Waals surface area contributed by atoms with E-state index in [0.717, 1.165) is 11.4 Å². The molecular weight excluding hydrogens is 888 g/mol. The molecule has 0 bridgehead atoms. The van der Waals surface area contributed by atoms with Crippen LogP contribution in [0.3, 0.4) is 0 Å². The highest BCUT2D eigenvalue weighted by molar-refractivity contribution is 7.22. The molecule has 5 heteroatoms. The van der Waals surface area contributed by atoms with Crippen LogP contribution in [0.15, 0.2) is 285 Å². The largest absolute Gasteiger partial charge is 0.311 e. The summed E-state index contributed by atoms with van der Waals surface area (Å²) in [6, 6.07) is 108. The van der Waals surface area contributed by atoms with Gasteiger partial charge in [-0.2, -0.15) is 0 Å². The third kappa shape index (κ3) is 6.07. The maximum atomic E-state index is 2.68. The molecule has 0 aromatic heterocycles. The van der Waals surface area contributed by atoms with E-state index in [0.29, 0.717) is 0 Å². The van der Waals surface area contributed by atoms with E-state index in [1.807, 2.05) is 0 Å². The first-order valence-corrected chi connectivity index (χ1v) is 28.8. The van der Waals surface area contributed by atoms with Gasteiger partial charge in [0.05, 0.1) is 0 Å². The van der Waals surface area contributed by atoms with Crippen LogP contribution in [0, 0.1) is 0 Å². The van der Waals surface area contributed by atoms with Crippen molar-refractivity contribution < 1.29 is 0 Å². The maximum absolute atomic E-state index is 3.06. The highest BCUT2D eigenvalue weighted by atomic mass is 28.3. The fourth-order valence-corrected chi connectivity index (χ4v) is 22.9. The Morgan fingerprint density at radius 2 is 0.718 bits per heavy atom. The Labute approximate surface area is 418 Å². The molecular formula is C66H47BN2Si2. The normalized spacial score (nSPS) is 13.7. The van der Waals surface area contributed by atoms with E-state index in [-0.39, 0.29) is 6.71 Å². The number of rotatable bonds is 8. The van der Waals surface area contributed by atoms with Gasteiger partial charge >= 0.3 is 0 Å². The summed E-state index contributed by atoms with van der Waals surface area (Å²) in [5, 5.41) is 11.1. The second-order valence-electron chi connectivity index (χ2n) is 19.1. The standard InChI is InChI=1S/C66H47BN2Si2/c1-8-26-48(27-9-1)68-60-42-24-23-41-58(60)67-59-47-65-57(56-40-22-25-43-64(56)71(65,53-36-18-6-19-37-53)54-38-20-7-21-39-54)46-61(59)69(49-28-10-2-11-29-49)63-45-55(44-62(68)66(63)67)70(50-30-12-3-13-31-50,51-32-14-4-15-33-51)52-34-16-5-17-35-52/h1-47H. The van der Waals surface area contributed by atoms with Crippen molar-refractivity contribution in [1.82, 2.24) is 0 Å². The first-order valence-electron chi connectivity index (χ1n) is 24.8. The van der Waals surface area contributed by atoms with Crippen LogP contribution < -0.4 is 67.7 Å². The molecule has 3 heterocycles. The van der Waals surface area contributed by atoms with Crippen molar-refractivity contribution in [3.05, 3.63) is 285 Å². The smallest absolute Gasteiger partial charge is 0.252 e. The Morgan fingerprint density at radius 1 is 0.296 bits per heavy atom. The lowest BCUT2D eigenvalue weighted by molar-refractivity contribution is 1.26. The molecule has 11 aromatic carbocycles. The van der Waals surface area contributed by atoms with Gasteiger partial charge in [-0.1, -0.05) is 237 Å². The molecule has 0 saturated carbocycles. The third-order valence-electron chi connectivity index (χ3n) is 15.6. The SMILES string of the molecule is c1ccc(N2c3ccccc3B3c4cc5c(cc4N(c4ccccc4)c4cc([Si](c6ccccc6)(c6ccccc6)c6ccccc6)cc2c43)-c2ccccc2[Si]5(c2ccccc2)c2ccccc2)cc1. The molecule has 332 valence electrons. The topological polar surface area (TPSA) is 6.48 Å². The number of hydrogen-bond acceptors (Lipinski definition) is 2. The van der Waals surface area contributed by atoms with Gasteiger partial charge in [0.2, 0.25) is 0 Å². The van der Waals surface area contributed by atoms with E-state index < -0.39 is 16.1 Å². The van der Waals surface area contributed by atoms with Gasteiger partial charge in [0.25, 0.3) is 6.71 Å². The highest BCUT2D eigenvalue weighted by Crippen LogP contribution is 2.45. The molecule has 0 saturated heterocycles. The minimum absolute atomic E-state index is 0.0614. The lowest BCUT2D eigenvalue weighted by atomic mass is 9.33. The summed E-state index contributed by atoms with van der Waals surface area (Å²) in [7, 11) is -5.90. The van der Waals surface area contributed by atoms with Crippen molar-refractivity contribution in [1.29, 1.82) is 0 Å². The minimum atomic E-state index is -3.06. The lowest BCUT2D eigenvalue weighted by Gasteiger charge is -2.46. The predicted octanol–water partition coefficient (Wildman–Crippen LogP) is 8.50. The molecule has 2 nitrogen and oxygen atoms in total. The first kappa shape index (κ1) is 41.5. The fraction of sp³-hybridized carbons (Fsp3) is 0. The van der Waals surface area contributed by atoms with Crippen LogP contribution in [0.1, 0.15) is 0 Å². The molecule has 0 aliphatic carbocycles. The van der Waals surface area contributed by atoms with Crippen molar-refractivity contribution in [2.75, 3.05) is 9.80 Å². The molecule has 3 aliphatic rings.